The van der Waals surface area contributed by atoms with Gasteiger partial charge in [-0.25, -0.2) is 14.2 Å². The van der Waals surface area contributed by atoms with Crippen molar-refractivity contribution in [1.29, 1.82) is 0 Å². The molecular formula is C18H18BrFN4O. The summed E-state index contributed by atoms with van der Waals surface area (Å²) in [5.74, 6) is -0.198. The molecule has 4 rings (SSSR count). The Labute approximate surface area is 152 Å². The first kappa shape index (κ1) is 16.5. The number of aromatic nitrogens is 3. The van der Waals surface area contributed by atoms with Gasteiger partial charge in [0.1, 0.15) is 5.82 Å². The second kappa shape index (κ2) is 6.38. The van der Waals surface area contributed by atoms with E-state index in [9.17, 15) is 9.18 Å². The molecule has 0 unspecified atom stereocenters. The Morgan fingerprint density at radius 3 is 3.04 bits per heavy atom. The highest BCUT2D eigenvalue weighted by Crippen LogP contribution is 2.26. The smallest absolute Gasteiger partial charge is 0.297 e. The van der Waals surface area contributed by atoms with Gasteiger partial charge in [-0.15, -0.1) is 0 Å². The Balaban J connectivity index is 1.60. The molecule has 0 aliphatic carbocycles. The van der Waals surface area contributed by atoms with Crippen LogP contribution in [0.4, 0.5) is 4.39 Å². The molecule has 1 aromatic carbocycles. The molecule has 0 spiro atoms. The molecular weight excluding hydrogens is 387 g/mol. The van der Waals surface area contributed by atoms with Gasteiger partial charge in [0.05, 0.1) is 11.6 Å². The third kappa shape index (κ3) is 2.91. The summed E-state index contributed by atoms with van der Waals surface area (Å²) in [5, 5.41) is 0. The van der Waals surface area contributed by atoms with Crippen LogP contribution in [0.2, 0.25) is 0 Å². The zero-order valence-corrected chi connectivity index (χ0v) is 15.4. The van der Waals surface area contributed by atoms with Crippen LogP contribution in [0.25, 0.3) is 11.2 Å². The van der Waals surface area contributed by atoms with Crippen LogP contribution in [0, 0.1) is 5.82 Å². The number of hydrogen-bond acceptors (Lipinski definition) is 3. The maximum absolute atomic E-state index is 14.0. The van der Waals surface area contributed by atoms with Crippen LogP contribution < -0.4 is 5.69 Å². The molecule has 1 atom stereocenters. The minimum absolute atomic E-state index is 0.0470. The molecule has 1 saturated heterocycles. The predicted molar refractivity (Wildman–Crippen MR) is 98.0 cm³/mol. The van der Waals surface area contributed by atoms with E-state index in [0.717, 1.165) is 28.6 Å². The summed E-state index contributed by atoms with van der Waals surface area (Å²) < 4.78 is 18.3. The number of imidazole rings is 1. The average Bonchev–Trinajstić information content (AvgIpc) is 3.15. The molecule has 1 fully saturated rings. The summed E-state index contributed by atoms with van der Waals surface area (Å²) in [6.45, 7) is 2.07. The number of rotatable bonds is 3. The molecule has 0 amide bonds. The van der Waals surface area contributed by atoms with Crippen LogP contribution in [0.3, 0.4) is 0 Å². The normalized spacial score (nSPS) is 18.3. The fourth-order valence-corrected chi connectivity index (χ4v) is 4.00. The highest BCUT2D eigenvalue weighted by Gasteiger charge is 2.28. The molecule has 0 bridgehead atoms. The molecule has 3 heterocycles. The van der Waals surface area contributed by atoms with Gasteiger partial charge in [0.2, 0.25) is 0 Å². The van der Waals surface area contributed by atoms with Crippen molar-refractivity contribution in [2.45, 2.75) is 19.0 Å². The Morgan fingerprint density at radius 2 is 2.20 bits per heavy atom. The lowest BCUT2D eigenvalue weighted by Gasteiger charge is -2.17. The number of pyridine rings is 1. The Bertz CT molecular complexity index is 996. The second-order valence-electron chi connectivity index (χ2n) is 6.47. The van der Waals surface area contributed by atoms with Gasteiger partial charge in [-0.2, -0.15) is 0 Å². The van der Waals surface area contributed by atoms with Crippen molar-refractivity contribution >= 4 is 27.1 Å². The fourth-order valence-electron chi connectivity index (χ4n) is 3.59. The van der Waals surface area contributed by atoms with Gasteiger partial charge in [-0.1, -0.05) is 15.9 Å². The Kier molecular flexibility index (Phi) is 4.21. The van der Waals surface area contributed by atoms with Crippen molar-refractivity contribution in [2.75, 3.05) is 13.1 Å². The molecule has 1 aliphatic rings. The van der Waals surface area contributed by atoms with Crippen LogP contribution in [0.15, 0.2) is 45.8 Å². The topological polar surface area (TPSA) is 43.1 Å². The fraction of sp³-hybridized carbons (Fsp3) is 0.333. The maximum Gasteiger partial charge on any atom is 0.330 e. The lowest BCUT2D eigenvalue weighted by atomic mass is 10.2. The molecule has 130 valence electrons. The van der Waals surface area contributed by atoms with Gasteiger partial charge in [0, 0.05) is 42.9 Å². The number of likely N-dealkylation sites (tertiary alicyclic amines) is 1. The first-order valence-corrected chi connectivity index (χ1v) is 9.02. The summed E-state index contributed by atoms with van der Waals surface area (Å²) >= 11 is 3.39. The van der Waals surface area contributed by atoms with Gasteiger partial charge in [-0.3, -0.25) is 14.0 Å². The average molecular weight is 405 g/mol. The lowest BCUT2D eigenvalue weighted by Crippen LogP contribution is -2.28. The van der Waals surface area contributed by atoms with Crippen LogP contribution in [0.1, 0.15) is 18.0 Å². The minimum atomic E-state index is -0.198. The molecule has 0 N–H and O–H groups in total. The SMILES string of the molecule is Cn1c(=O)n([C@@H]2CCN(Cc3cc(Br)ccc3F)C2)c2ncccc21. The Hall–Kier alpha value is -1.99. The Morgan fingerprint density at radius 1 is 1.36 bits per heavy atom. The van der Waals surface area contributed by atoms with Gasteiger partial charge in [0.25, 0.3) is 0 Å². The van der Waals surface area contributed by atoms with Crippen LogP contribution in [0.5, 0.6) is 0 Å². The van der Waals surface area contributed by atoms with Crippen molar-refractivity contribution in [1.82, 2.24) is 19.0 Å². The van der Waals surface area contributed by atoms with Gasteiger partial charge in [0.15, 0.2) is 5.65 Å². The van der Waals surface area contributed by atoms with Crippen LogP contribution >= 0.6 is 15.9 Å². The third-order valence-electron chi connectivity index (χ3n) is 4.86. The summed E-state index contributed by atoms with van der Waals surface area (Å²) in [7, 11) is 1.77. The minimum Gasteiger partial charge on any atom is -0.297 e. The maximum atomic E-state index is 14.0. The van der Waals surface area contributed by atoms with E-state index in [1.807, 2.05) is 18.2 Å². The van der Waals surface area contributed by atoms with E-state index in [4.69, 9.17) is 0 Å². The molecule has 7 heteroatoms. The van der Waals surface area contributed by atoms with E-state index >= 15 is 0 Å². The second-order valence-corrected chi connectivity index (χ2v) is 7.39. The highest BCUT2D eigenvalue weighted by molar-refractivity contribution is 9.10. The molecule has 25 heavy (non-hydrogen) atoms. The first-order chi connectivity index (χ1) is 12.0. The van der Waals surface area contributed by atoms with Gasteiger partial charge >= 0.3 is 5.69 Å². The van der Waals surface area contributed by atoms with E-state index < -0.39 is 0 Å². The van der Waals surface area contributed by atoms with Crippen LogP contribution in [-0.4, -0.2) is 32.1 Å². The van der Waals surface area contributed by atoms with E-state index in [2.05, 4.69) is 25.8 Å². The predicted octanol–water partition coefficient (Wildman–Crippen LogP) is 3.08. The summed E-state index contributed by atoms with van der Waals surface area (Å²) in [5.41, 5.74) is 2.17. The summed E-state index contributed by atoms with van der Waals surface area (Å²) in [4.78, 5) is 19.2. The summed E-state index contributed by atoms with van der Waals surface area (Å²) in [6, 6.07) is 8.79. The zero-order chi connectivity index (χ0) is 17.6. The number of nitrogens with zero attached hydrogens (tertiary/aromatic N) is 4. The van der Waals surface area contributed by atoms with E-state index in [1.54, 1.807) is 28.4 Å². The van der Waals surface area contributed by atoms with Crippen molar-refractivity contribution in [2.24, 2.45) is 7.05 Å². The highest BCUT2D eigenvalue weighted by atomic mass is 79.9. The number of aryl methyl sites for hydroxylation is 1. The number of fused-ring (bicyclic) bond motifs is 1. The standard InChI is InChI=1S/C18H18BrFN4O/c1-22-16-3-2-7-21-17(16)24(18(22)25)14-6-8-23(11-14)10-12-9-13(19)4-5-15(12)20/h2-5,7,9,14H,6,8,10-11H2,1H3/t14-/m1/s1. The quantitative estimate of drug-likeness (QED) is 0.673. The third-order valence-corrected chi connectivity index (χ3v) is 5.36. The number of hydrogen-bond donors (Lipinski definition) is 0. The first-order valence-electron chi connectivity index (χ1n) is 8.23. The van der Waals surface area contributed by atoms with Crippen molar-refractivity contribution in [3.8, 4) is 0 Å². The molecule has 2 aromatic heterocycles. The van der Waals surface area contributed by atoms with E-state index in [0.29, 0.717) is 18.7 Å². The van der Waals surface area contributed by atoms with Crippen molar-refractivity contribution in [3.05, 3.63) is 62.9 Å². The van der Waals surface area contributed by atoms with E-state index in [-0.39, 0.29) is 17.5 Å². The number of benzene rings is 1. The largest absolute Gasteiger partial charge is 0.330 e. The molecule has 3 aromatic rings. The van der Waals surface area contributed by atoms with Gasteiger partial charge < -0.3 is 0 Å². The van der Waals surface area contributed by atoms with Crippen molar-refractivity contribution < 1.29 is 4.39 Å². The van der Waals surface area contributed by atoms with Gasteiger partial charge in [-0.05, 0) is 36.8 Å². The zero-order valence-electron chi connectivity index (χ0n) is 13.8. The summed E-state index contributed by atoms with van der Waals surface area (Å²) in [6.07, 6.45) is 2.56. The van der Waals surface area contributed by atoms with Crippen LogP contribution in [-0.2, 0) is 13.6 Å². The van der Waals surface area contributed by atoms with Crippen molar-refractivity contribution in [3.63, 3.8) is 0 Å². The monoisotopic (exact) mass is 404 g/mol. The molecule has 0 radical (unpaired) electrons. The van der Waals surface area contributed by atoms with E-state index in [1.165, 1.54) is 6.07 Å². The number of halogens is 2. The lowest BCUT2D eigenvalue weighted by molar-refractivity contribution is 0.310. The molecule has 5 nitrogen and oxygen atoms in total. The molecule has 0 saturated carbocycles. The molecule has 1 aliphatic heterocycles.